The predicted octanol–water partition coefficient (Wildman–Crippen LogP) is 3.78. The average molecular weight is 585 g/mol. The van der Waals surface area contributed by atoms with Gasteiger partial charge < -0.3 is 37.7 Å². The van der Waals surface area contributed by atoms with E-state index in [4.69, 9.17) is 33.1 Å². The number of nitrogens with zero attached hydrogens (tertiary/aromatic N) is 3. The van der Waals surface area contributed by atoms with Crippen LogP contribution in [0.15, 0.2) is 73.3 Å². The molecule has 41 heavy (non-hydrogen) atoms. The second-order valence-electron chi connectivity index (χ2n) is 8.52. The van der Waals surface area contributed by atoms with Crippen LogP contribution < -0.4 is 21.9 Å². The molecule has 0 aliphatic heterocycles. The van der Waals surface area contributed by atoms with Crippen LogP contribution in [-0.2, 0) is 33.5 Å². The number of rotatable bonds is 13. The van der Waals surface area contributed by atoms with E-state index in [1.807, 2.05) is 30.3 Å². The Morgan fingerprint density at radius 3 is 2.68 bits per heavy atom. The zero-order valence-electron chi connectivity index (χ0n) is 21.7. The highest BCUT2D eigenvalue weighted by Crippen LogP contribution is 2.41. The first-order valence-electron chi connectivity index (χ1n) is 12.2. The molecule has 2 aromatic carbocycles. The van der Waals surface area contributed by atoms with E-state index in [9.17, 15) is 14.0 Å². The third-order valence-corrected chi connectivity index (χ3v) is 7.01. The van der Waals surface area contributed by atoms with Crippen LogP contribution in [-0.4, -0.2) is 39.6 Å². The van der Waals surface area contributed by atoms with Crippen molar-refractivity contribution >= 4 is 25.5 Å². The van der Waals surface area contributed by atoms with Crippen LogP contribution in [0.5, 0.6) is 5.75 Å². The van der Waals surface area contributed by atoms with E-state index in [-0.39, 0.29) is 60.5 Å². The quantitative estimate of drug-likeness (QED) is 0.152. The molecule has 3 aromatic heterocycles. The van der Waals surface area contributed by atoms with Gasteiger partial charge in [-0.3, -0.25) is 9.78 Å². The molecular formula is C26H25FN5O8P. The Hall–Kier alpha value is -4.36. The summed E-state index contributed by atoms with van der Waals surface area (Å²) in [4.78, 5) is 34.5. The Morgan fingerprint density at radius 2 is 1.90 bits per heavy atom. The number of methoxy groups -OCH3 is 1. The molecule has 3 N–H and O–H groups in total. The minimum Gasteiger partial charge on any atom is -0.494 e. The molecule has 0 spiro atoms. The number of nitrogens with one attached hydrogen (secondary N) is 1. The summed E-state index contributed by atoms with van der Waals surface area (Å²) in [5.74, 6) is -1.46. The van der Waals surface area contributed by atoms with E-state index in [0.29, 0.717) is 12.2 Å². The summed E-state index contributed by atoms with van der Waals surface area (Å²) < 4.78 is 49.0. The number of nitrogen functional groups attached to an aromatic ring is 1. The number of ether oxygens (including phenoxy) is 2. The van der Waals surface area contributed by atoms with Gasteiger partial charge in [0.15, 0.2) is 42.6 Å². The molecule has 0 saturated carbocycles. The number of aromatic nitrogens is 4. The van der Waals surface area contributed by atoms with Crippen LogP contribution in [0.2, 0.25) is 0 Å². The van der Waals surface area contributed by atoms with Gasteiger partial charge in [-0.05, 0) is 23.8 Å². The first kappa shape index (κ1) is 28.2. The number of benzene rings is 2. The van der Waals surface area contributed by atoms with Crippen LogP contribution in [0.3, 0.4) is 0 Å². The Labute approximate surface area is 232 Å². The van der Waals surface area contributed by atoms with Crippen LogP contribution in [0.25, 0.3) is 22.5 Å². The second kappa shape index (κ2) is 12.9. The van der Waals surface area contributed by atoms with Gasteiger partial charge in [0, 0.05) is 12.1 Å². The summed E-state index contributed by atoms with van der Waals surface area (Å²) in [6.07, 6.45) is 1.55. The van der Waals surface area contributed by atoms with E-state index in [0.717, 1.165) is 5.56 Å². The third kappa shape index (κ3) is 6.87. The van der Waals surface area contributed by atoms with E-state index < -0.39 is 25.6 Å². The molecule has 1 atom stereocenters. The van der Waals surface area contributed by atoms with Crippen LogP contribution >= 0.6 is 8.38 Å². The highest BCUT2D eigenvalue weighted by atomic mass is 31.2. The lowest BCUT2D eigenvalue weighted by atomic mass is 10.1. The van der Waals surface area contributed by atoms with Gasteiger partial charge in [0.2, 0.25) is 5.95 Å². The summed E-state index contributed by atoms with van der Waals surface area (Å²) >= 11 is 0. The smallest absolute Gasteiger partial charge is 0.494 e. The standard InChI is InChI=1S/C26H25FN5O8P/c1-35-19-8-7-17(11-18(19)27)22-20(39-26(34)40-22)13-38-41(37-12-16-5-3-2-4-6-16)15-36-10-9-32-14-29-21-23(32)30-25(28)31-24(21)33/h2-8,11,14H,9-10,12-13,15H2,1H3,(H3,28,30,31,33). The molecule has 5 rings (SSSR count). The molecule has 0 fully saturated rings. The number of hydrogen-bond donors (Lipinski definition) is 2. The Balaban J connectivity index is 1.25. The van der Waals surface area contributed by atoms with Crippen molar-refractivity contribution in [2.24, 2.45) is 0 Å². The van der Waals surface area contributed by atoms with Crippen molar-refractivity contribution < 1.29 is 31.7 Å². The number of hydrogen-bond acceptors (Lipinski definition) is 11. The van der Waals surface area contributed by atoms with E-state index in [1.165, 1.54) is 31.6 Å². The molecule has 5 aromatic rings. The topological polar surface area (TPSA) is 170 Å². The van der Waals surface area contributed by atoms with Crippen molar-refractivity contribution in [1.82, 2.24) is 19.5 Å². The average Bonchev–Trinajstić information content (AvgIpc) is 3.55. The summed E-state index contributed by atoms with van der Waals surface area (Å²) in [5.41, 5.74) is 6.93. The van der Waals surface area contributed by atoms with Crippen molar-refractivity contribution in [3.8, 4) is 17.1 Å². The summed E-state index contributed by atoms with van der Waals surface area (Å²) in [5, 5.41) is 0. The molecule has 0 bridgehead atoms. The molecule has 0 saturated heterocycles. The summed E-state index contributed by atoms with van der Waals surface area (Å²) in [6.45, 7) is 0.600. The fraction of sp³-hybridized carbons (Fsp3) is 0.231. The lowest BCUT2D eigenvalue weighted by Crippen LogP contribution is -2.13. The Kier molecular flexibility index (Phi) is 8.85. The molecule has 0 aliphatic carbocycles. The number of nitrogens with two attached hydrogens (primary N) is 1. The molecule has 1 unspecified atom stereocenters. The zero-order valence-corrected chi connectivity index (χ0v) is 22.6. The summed E-state index contributed by atoms with van der Waals surface area (Å²) in [7, 11) is -0.296. The van der Waals surface area contributed by atoms with Crippen molar-refractivity contribution in [2.75, 3.05) is 25.8 Å². The molecule has 15 heteroatoms. The molecule has 0 aliphatic rings. The van der Waals surface area contributed by atoms with Gasteiger partial charge in [-0.15, -0.1) is 0 Å². The number of halogens is 1. The fourth-order valence-electron chi connectivity index (χ4n) is 3.83. The summed E-state index contributed by atoms with van der Waals surface area (Å²) in [6, 6.07) is 13.6. The zero-order chi connectivity index (χ0) is 28.8. The monoisotopic (exact) mass is 585 g/mol. The molecule has 0 amide bonds. The van der Waals surface area contributed by atoms with Crippen LogP contribution in [0.1, 0.15) is 11.3 Å². The molecular weight excluding hydrogens is 560 g/mol. The largest absolute Gasteiger partial charge is 0.519 e. The highest BCUT2D eigenvalue weighted by Gasteiger charge is 2.20. The van der Waals surface area contributed by atoms with Crippen LogP contribution in [0, 0.1) is 5.82 Å². The maximum atomic E-state index is 14.3. The number of H-pyrrole nitrogens is 1. The molecule has 3 heterocycles. The minimum absolute atomic E-state index is 0.0148. The van der Waals surface area contributed by atoms with Gasteiger partial charge in [0.1, 0.15) is 13.0 Å². The maximum absolute atomic E-state index is 14.3. The molecule has 214 valence electrons. The number of imidazole rings is 1. The number of aromatic amines is 1. The van der Waals surface area contributed by atoms with Crippen molar-refractivity contribution in [3.63, 3.8) is 0 Å². The van der Waals surface area contributed by atoms with Gasteiger partial charge in [0.05, 0.1) is 26.7 Å². The van der Waals surface area contributed by atoms with Gasteiger partial charge in [-0.25, -0.2) is 14.2 Å². The maximum Gasteiger partial charge on any atom is 0.519 e. The predicted molar refractivity (Wildman–Crippen MR) is 146 cm³/mol. The molecule has 13 nitrogen and oxygen atoms in total. The van der Waals surface area contributed by atoms with E-state index in [1.54, 1.807) is 4.57 Å². The van der Waals surface area contributed by atoms with Gasteiger partial charge in [-0.2, -0.15) is 4.98 Å². The second-order valence-corrected chi connectivity index (χ2v) is 9.96. The van der Waals surface area contributed by atoms with Crippen molar-refractivity contribution in [2.45, 2.75) is 19.8 Å². The van der Waals surface area contributed by atoms with Gasteiger partial charge >= 0.3 is 5.82 Å². The first-order valence-corrected chi connectivity index (χ1v) is 13.6. The van der Waals surface area contributed by atoms with E-state index >= 15 is 0 Å². The van der Waals surface area contributed by atoms with Crippen LogP contribution in [0.4, 0.5) is 10.3 Å². The number of anilines is 1. The first-order chi connectivity index (χ1) is 19.9. The lowest BCUT2D eigenvalue weighted by molar-refractivity contribution is 0.136. The van der Waals surface area contributed by atoms with Crippen molar-refractivity contribution in [3.05, 3.63) is 93.0 Å². The van der Waals surface area contributed by atoms with Gasteiger partial charge in [-0.1, -0.05) is 30.3 Å². The Bertz CT molecular complexity index is 1740. The van der Waals surface area contributed by atoms with Gasteiger partial charge in [0.25, 0.3) is 5.56 Å². The third-order valence-electron chi connectivity index (χ3n) is 5.78. The fourth-order valence-corrected chi connectivity index (χ4v) is 4.89. The Morgan fingerprint density at radius 1 is 1.10 bits per heavy atom. The number of fused-ring (bicyclic) bond motifs is 1. The molecule has 0 radical (unpaired) electrons. The minimum atomic E-state index is -1.64. The SMILES string of the molecule is COc1ccc(-c2oc(=O)oc2COP(COCCn2cnc3c(=O)[nH]c(N)nc32)OCc2ccccc2)cc1F. The normalized spacial score (nSPS) is 12.1. The lowest BCUT2D eigenvalue weighted by Gasteiger charge is -2.17. The van der Waals surface area contributed by atoms with Crippen molar-refractivity contribution in [1.29, 1.82) is 0 Å². The van der Waals surface area contributed by atoms with E-state index in [2.05, 4.69) is 15.0 Å². The highest BCUT2D eigenvalue weighted by molar-refractivity contribution is 7.46.